The van der Waals surface area contributed by atoms with Crippen molar-refractivity contribution in [2.45, 2.75) is 52.1 Å². The first-order valence-corrected chi connectivity index (χ1v) is 9.87. The van der Waals surface area contributed by atoms with Gasteiger partial charge in [0.1, 0.15) is 11.5 Å². The fourth-order valence-electron chi connectivity index (χ4n) is 2.98. The second kappa shape index (κ2) is 8.55. The molecule has 1 unspecified atom stereocenters. The minimum Gasteiger partial charge on any atom is -0.494 e. The standard InChI is InChI=1S/C23H28N2O4/c1-15-22(27)25-19-14-17(9-12-20(19)29-15)24-21(26)6-5-13-28-18-10-7-16(8-11-18)23(2,3)4/h7-12,14-15H,5-6,13H2,1-4H3,(H,24,26)(H,25,27). The van der Waals surface area contributed by atoms with Crippen LogP contribution in [0.1, 0.15) is 46.1 Å². The second-order valence-electron chi connectivity index (χ2n) is 8.23. The minimum atomic E-state index is -0.521. The number of carbonyl (C=O) groups excluding carboxylic acids is 2. The number of hydrogen-bond donors (Lipinski definition) is 2. The number of rotatable bonds is 6. The van der Waals surface area contributed by atoms with E-state index in [-0.39, 0.29) is 17.2 Å². The van der Waals surface area contributed by atoms with Gasteiger partial charge in [-0.05, 0) is 54.7 Å². The molecule has 1 atom stereocenters. The molecule has 0 fully saturated rings. The summed E-state index contributed by atoms with van der Waals surface area (Å²) in [5.74, 6) is 1.10. The largest absolute Gasteiger partial charge is 0.494 e. The molecule has 0 spiro atoms. The molecule has 2 amide bonds. The Morgan fingerprint density at radius 3 is 2.59 bits per heavy atom. The highest BCUT2D eigenvalue weighted by molar-refractivity contribution is 5.99. The highest BCUT2D eigenvalue weighted by Crippen LogP contribution is 2.32. The predicted octanol–water partition coefficient (Wildman–Crippen LogP) is 4.50. The number of anilines is 2. The van der Waals surface area contributed by atoms with E-state index in [0.717, 1.165) is 5.75 Å². The fraction of sp³-hybridized carbons (Fsp3) is 0.391. The molecule has 6 heteroatoms. The SMILES string of the molecule is CC1Oc2ccc(NC(=O)CCCOc3ccc(C(C)(C)C)cc3)cc2NC1=O. The topological polar surface area (TPSA) is 76.7 Å². The van der Waals surface area contributed by atoms with Crippen LogP contribution in [0.15, 0.2) is 42.5 Å². The van der Waals surface area contributed by atoms with Crippen LogP contribution in [-0.4, -0.2) is 24.5 Å². The smallest absolute Gasteiger partial charge is 0.265 e. The van der Waals surface area contributed by atoms with Crippen LogP contribution < -0.4 is 20.1 Å². The molecule has 0 radical (unpaired) electrons. The van der Waals surface area contributed by atoms with Gasteiger partial charge in [0.2, 0.25) is 5.91 Å². The van der Waals surface area contributed by atoms with Gasteiger partial charge in [-0.25, -0.2) is 0 Å². The molecule has 1 aliphatic heterocycles. The van der Waals surface area contributed by atoms with Crippen molar-refractivity contribution in [3.8, 4) is 11.5 Å². The first kappa shape index (κ1) is 20.7. The Labute approximate surface area is 171 Å². The van der Waals surface area contributed by atoms with E-state index in [2.05, 4.69) is 43.5 Å². The van der Waals surface area contributed by atoms with Crippen molar-refractivity contribution in [3.05, 3.63) is 48.0 Å². The molecule has 2 N–H and O–H groups in total. The molecule has 0 aliphatic carbocycles. The summed E-state index contributed by atoms with van der Waals surface area (Å²) >= 11 is 0. The lowest BCUT2D eigenvalue weighted by Crippen LogP contribution is -2.34. The van der Waals surface area contributed by atoms with E-state index in [1.807, 2.05) is 12.1 Å². The third-order valence-corrected chi connectivity index (χ3v) is 4.73. The molecule has 0 saturated carbocycles. The molecule has 1 aliphatic rings. The first-order chi connectivity index (χ1) is 13.7. The highest BCUT2D eigenvalue weighted by Gasteiger charge is 2.23. The summed E-state index contributed by atoms with van der Waals surface area (Å²) in [5, 5.41) is 5.61. The normalized spacial score (nSPS) is 15.7. The van der Waals surface area contributed by atoms with Crippen molar-refractivity contribution in [1.29, 1.82) is 0 Å². The Balaban J connectivity index is 1.44. The molecular weight excluding hydrogens is 368 g/mol. The molecule has 154 valence electrons. The number of nitrogens with one attached hydrogen (secondary N) is 2. The molecule has 2 aromatic rings. The van der Waals surface area contributed by atoms with Crippen LogP contribution in [0, 0.1) is 0 Å². The number of hydrogen-bond acceptors (Lipinski definition) is 4. The minimum absolute atomic E-state index is 0.104. The molecule has 2 aromatic carbocycles. The predicted molar refractivity (Wildman–Crippen MR) is 114 cm³/mol. The van der Waals surface area contributed by atoms with Gasteiger partial charge in [0.15, 0.2) is 6.10 Å². The van der Waals surface area contributed by atoms with Crippen LogP contribution in [0.4, 0.5) is 11.4 Å². The Bertz CT molecular complexity index is 885. The van der Waals surface area contributed by atoms with Gasteiger partial charge >= 0.3 is 0 Å². The van der Waals surface area contributed by atoms with Crippen molar-refractivity contribution in [2.24, 2.45) is 0 Å². The summed E-state index contributed by atoms with van der Waals surface area (Å²) in [6, 6.07) is 13.3. The molecule has 0 saturated heterocycles. The van der Waals surface area contributed by atoms with E-state index in [1.165, 1.54) is 5.56 Å². The molecule has 0 aromatic heterocycles. The Morgan fingerprint density at radius 2 is 1.90 bits per heavy atom. The summed E-state index contributed by atoms with van der Waals surface area (Å²) in [5.41, 5.74) is 2.55. The van der Waals surface area contributed by atoms with Crippen LogP contribution in [-0.2, 0) is 15.0 Å². The summed E-state index contributed by atoms with van der Waals surface area (Å²) in [7, 11) is 0. The fourth-order valence-corrected chi connectivity index (χ4v) is 2.98. The molecule has 6 nitrogen and oxygen atoms in total. The Hall–Kier alpha value is -3.02. The number of carbonyl (C=O) groups is 2. The number of ether oxygens (including phenoxy) is 2. The van der Waals surface area contributed by atoms with Crippen LogP contribution >= 0.6 is 0 Å². The van der Waals surface area contributed by atoms with E-state index >= 15 is 0 Å². The summed E-state index contributed by atoms with van der Waals surface area (Å²) < 4.78 is 11.2. The van der Waals surface area contributed by atoms with Crippen LogP contribution in [0.3, 0.4) is 0 Å². The van der Waals surface area contributed by atoms with Crippen LogP contribution in [0.5, 0.6) is 11.5 Å². The van der Waals surface area contributed by atoms with Crippen molar-refractivity contribution < 1.29 is 19.1 Å². The van der Waals surface area contributed by atoms with E-state index in [0.29, 0.717) is 36.6 Å². The summed E-state index contributed by atoms with van der Waals surface area (Å²) in [6.07, 6.45) is 0.430. The van der Waals surface area contributed by atoms with Crippen LogP contribution in [0.25, 0.3) is 0 Å². The van der Waals surface area contributed by atoms with Gasteiger partial charge in [-0.3, -0.25) is 9.59 Å². The van der Waals surface area contributed by atoms with Gasteiger partial charge in [-0.2, -0.15) is 0 Å². The Morgan fingerprint density at radius 1 is 1.17 bits per heavy atom. The van der Waals surface area contributed by atoms with Crippen molar-refractivity contribution in [3.63, 3.8) is 0 Å². The second-order valence-corrected chi connectivity index (χ2v) is 8.23. The zero-order valence-electron chi connectivity index (χ0n) is 17.4. The maximum atomic E-state index is 12.2. The lowest BCUT2D eigenvalue weighted by Gasteiger charge is -2.23. The molecule has 3 rings (SSSR count). The van der Waals surface area contributed by atoms with Gasteiger partial charge < -0.3 is 20.1 Å². The lowest BCUT2D eigenvalue weighted by molar-refractivity contribution is -0.122. The Kier molecular flexibility index (Phi) is 6.11. The van der Waals surface area contributed by atoms with Gasteiger partial charge in [-0.15, -0.1) is 0 Å². The number of fused-ring (bicyclic) bond motifs is 1. The third kappa shape index (κ3) is 5.50. The van der Waals surface area contributed by atoms with E-state index in [4.69, 9.17) is 9.47 Å². The van der Waals surface area contributed by atoms with Gasteiger partial charge in [0.25, 0.3) is 5.91 Å². The summed E-state index contributed by atoms with van der Waals surface area (Å²) in [4.78, 5) is 23.9. The molecule has 1 heterocycles. The maximum absolute atomic E-state index is 12.2. The quantitative estimate of drug-likeness (QED) is 0.705. The van der Waals surface area contributed by atoms with Gasteiger partial charge in [0.05, 0.1) is 12.3 Å². The molecule has 29 heavy (non-hydrogen) atoms. The van der Waals surface area contributed by atoms with Crippen molar-refractivity contribution in [1.82, 2.24) is 0 Å². The number of benzene rings is 2. The van der Waals surface area contributed by atoms with Gasteiger partial charge in [0, 0.05) is 12.1 Å². The number of amides is 2. The van der Waals surface area contributed by atoms with E-state index in [1.54, 1.807) is 25.1 Å². The lowest BCUT2D eigenvalue weighted by atomic mass is 9.87. The molecule has 0 bridgehead atoms. The van der Waals surface area contributed by atoms with Crippen LogP contribution in [0.2, 0.25) is 0 Å². The monoisotopic (exact) mass is 396 g/mol. The average molecular weight is 396 g/mol. The molecular formula is C23H28N2O4. The zero-order chi connectivity index (χ0) is 21.0. The zero-order valence-corrected chi connectivity index (χ0v) is 17.4. The van der Waals surface area contributed by atoms with Crippen molar-refractivity contribution in [2.75, 3.05) is 17.2 Å². The van der Waals surface area contributed by atoms with Gasteiger partial charge in [-0.1, -0.05) is 32.9 Å². The van der Waals surface area contributed by atoms with Crippen molar-refractivity contribution >= 4 is 23.2 Å². The highest BCUT2D eigenvalue weighted by atomic mass is 16.5. The summed E-state index contributed by atoms with van der Waals surface area (Å²) in [6.45, 7) is 8.67. The first-order valence-electron chi connectivity index (χ1n) is 9.87. The van der Waals surface area contributed by atoms with E-state index < -0.39 is 6.10 Å². The maximum Gasteiger partial charge on any atom is 0.265 e. The van der Waals surface area contributed by atoms with E-state index in [9.17, 15) is 9.59 Å². The average Bonchev–Trinajstić information content (AvgIpc) is 2.66. The third-order valence-electron chi connectivity index (χ3n) is 4.73.